The average molecular weight is 197 g/mol. The topological polar surface area (TPSA) is 55.4 Å². The number of imide groups is 1. The van der Waals surface area contributed by atoms with Crippen LogP contribution in [0.15, 0.2) is 0 Å². The number of hydrogen-bond acceptors (Lipinski definition) is 3. The Bertz CT molecular complexity index is 246. The van der Waals surface area contributed by atoms with Crippen LogP contribution in [0.5, 0.6) is 0 Å². The molecular formula is C10H15NO3. The van der Waals surface area contributed by atoms with E-state index in [0.29, 0.717) is 12.8 Å². The molecule has 4 heteroatoms. The molecule has 14 heavy (non-hydrogen) atoms. The van der Waals surface area contributed by atoms with Gasteiger partial charge in [-0.25, -0.2) is 0 Å². The second-order valence-corrected chi connectivity index (χ2v) is 4.02. The predicted molar refractivity (Wildman–Crippen MR) is 49.5 cm³/mol. The van der Waals surface area contributed by atoms with Gasteiger partial charge < -0.3 is 4.74 Å². The van der Waals surface area contributed by atoms with Gasteiger partial charge in [0, 0.05) is 18.9 Å². The third kappa shape index (κ3) is 2.12. The van der Waals surface area contributed by atoms with Crippen LogP contribution in [0, 0.1) is 5.92 Å². The molecule has 0 spiro atoms. The van der Waals surface area contributed by atoms with E-state index in [-0.39, 0.29) is 23.8 Å². The number of nitrogens with one attached hydrogen (secondary N) is 1. The highest BCUT2D eigenvalue weighted by Crippen LogP contribution is 2.24. The standard InChI is InChI=1S/C10H15NO3/c12-9-4-3-7(10(13)11-9)6-8-2-1-5-14-8/h7-8H,1-6H2,(H,11,12,13). The van der Waals surface area contributed by atoms with E-state index in [1.54, 1.807) is 0 Å². The average Bonchev–Trinajstić information content (AvgIpc) is 2.62. The minimum Gasteiger partial charge on any atom is -0.378 e. The van der Waals surface area contributed by atoms with E-state index >= 15 is 0 Å². The van der Waals surface area contributed by atoms with Crippen molar-refractivity contribution in [2.75, 3.05) is 6.61 Å². The monoisotopic (exact) mass is 197 g/mol. The fourth-order valence-corrected chi connectivity index (χ4v) is 2.11. The van der Waals surface area contributed by atoms with E-state index in [0.717, 1.165) is 25.9 Å². The first-order valence-electron chi connectivity index (χ1n) is 5.21. The molecule has 2 saturated heterocycles. The molecule has 2 amide bonds. The highest BCUT2D eigenvalue weighted by molar-refractivity contribution is 5.98. The van der Waals surface area contributed by atoms with Gasteiger partial charge in [0.1, 0.15) is 0 Å². The lowest BCUT2D eigenvalue weighted by Crippen LogP contribution is -2.41. The first-order chi connectivity index (χ1) is 6.75. The summed E-state index contributed by atoms with van der Waals surface area (Å²) in [6, 6.07) is 0. The van der Waals surface area contributed by atoms with Crippen LogP contribution in [0.1, 0.15) is 32.1 Å². The van der Waals surface area contributed by atoms with Crippen molar-refractivity contribution in [3.05, 3.63) is 0 Å². The van der Waals surface area contributed by atoms with Crippen LogP contribution >= 0.6 is 0 Å². The summed E-state index contributed by atoms with van der Waals surface area (Å²) in [6.07, 6.45) is 4.32. The smallest absolute Gasteiger partial charge is 0.229 e. The number of ether oxygens (including phenoxy) is 1. The maximum atomic E-state index is 11.4. The van der Waals surface area contributed by atoms with Crippen molar-refractivity contribution in [1.82, 2.24) is 5.32 Å². The summed E-state index contributed by atoms with van der Waals surface area (Å²) < 4.78 is 5.47. The van der Waals surface area contributed by atoms with Gasteiger partial charge in [-0.15, -0.1) is 0 Å². The zero-order valence-electron chi connectivity index (χ0n) is 8.12. The van der Waals surface area contributed by atoms with Crippen LogP contribution in [0.3, 0.4) is 0 Å². The third-order valence-electron chi connectivity index (χ3n) is 2.92. The fourth-order valence-electron chi connectivity index (χ4n) is 2.11. The second-order valence-electron chi connectivity index (χ2n) is 4.02. The van der Waals surface area contributed by atoms with Crippen molar-refractivity contribution >= 4 is 11.8 Å². The molecule has 2 fully saturated rings. The lowest BCUT2D eigenvalue weighted by atomic mass is 9.91. The molecule has 2 aliphatic heterocycles. The lowest BCUT2D eigenvalue weighted by molar-refractivity contribution is -0.137. The number of piperidine rings is 1. The zero-order chi connectivity index (χ0) is 9.97. The van der Waals surface area contributed by atoms with Gasteiger partial charge in [-0.1, -0.05) is 0 Å². The van der Waals surface area contributed by atoms with Crippen LogP contribution in [-0.4, -0.2) is 24.5 Å². The fraction of sp³-hybridized carbons (Fsp3) is 0.800. The molecule has 0 aromatic rings. The maximum absolute atomic E-state index is 11.4. The van der Waals surface area contributed by atoms with Gasteiger partial charge in [-0.05, 0) is 25.7 Å². The third-order valence-corrected chi connectivity index (χ3v) is 2.92. The van der Waals surface area contributed by atoms with E-state index < -0.39 is 0 Å². The van der Waals surface area contributed by atoms with Crippen LogP contribution in [0.4, 0.5) is 0 Å². The lowest BCUT2D eigenvalue weighted by Gasteiger charge is -2.22. The Balaban J connectivity index is 1.85. The summed E-state index contributed by atoms with van der Waals surface area (Å²) in [6.45, 7) is 0.817. The summed E-state index contributed by atoms with van der Waals surface area (Å²) in [7, 11) is 0. The quantitative estimate of drug-likeness (QED) is 0.660. The molecule has 2 heterocycles. The highest BCUT2D eigenvalue weighted by Gasteiger charge is 2.30. The Morgan fingerprint density at radius 2 is 2.21 bits per heavy atom. The minimum absolute atomic E-state index is 0.0178. The number of carbonyl (C=O) groups is 2. The Kier molecular flexibility index (Phi) is 2.82. The van der Waals surface area contributed by atoms with Gasteiger partial charge in [0.05, 0.1) is 6.10 Å². The highest BCUT2D eigenvalue weighted by atomic mass is 16.5. The van der Waals surface area contributed by atoms with Gasteiger partial charge in [-0.3, -0.25) is 14.9 Å². The van der Waals surface area contributed by atoms with Gasteiger partial charge in [-0.2, -0.15) is 0 Å². The normalized spacial score (nSPS) is 33.1. The molecule has 0 radical (unpaired) electrons. The molecule has 2 atom stereocenters. The van der Waals surface area contributed by atoms with E-state index in [1.165, 1.54) is 0 Å². The van der Waals surface area contributed by atoms with Gasteiger partial charge in [0.25, 0.3) is 0 Å². The first kappa shape index (κ1) is 9.65. The zero-order valence-corrected chi connectivity index (χ0v) is 8.12. The van der Waals surface area contributed by atoms with Crippen LogP contribution in [0.2, 0.25) is 0 Å². The van der Waals surface area contributed by atoms with E-state index in [1.807, 2.05) is 0 Å². The molecule has 2 aliphatic rings. The molecule has 1 N–H and O–H groups in total. The SMILES string of the molecule is O=C1CCC(CC2CCCO2)C(=O)N1. The predicted octanol–water partition coefficient (Wildman–Crippen LogP) is 0.608. The summed E-state index contributed by atoms with van der Waals surface area (Å²) in [4.78, 5) is 22.3. The van der Waals surface area contributed by atoms with Crippen molar-refractivity contribution in [3.8, 4) is 0 Å². The summed E-state index contributed by atoms with van der Waals surface area (Å²) >= 11 is 0. The molecular weight excluding hydrogens is 182 g/mol. The number of carbonyl (C=O) groups excluding carboxylic acids is 2. The van der Waals surface area contributed by atoms with Gasteiger partial charge >= 0.3 is 0 Å². The Morgan fingerprint density at radius 3 is 2.86 bits per heavy atom. The molecule has 2 unspecified atom stereocenters. The molecule has 0 bridgehead atoms. The van der Waals surface area contributed by atoms with Gasteiger partial charge in [0.2, 0.25) is 11.8 Å². The largest absolute Gasteiger partial charge is 0.378 e. The van der Waals surface area contributed by atoms with E-state index in [2.05, 4.69) is 5.32 Å². The van der Waals surface area contributed by atoms with Crippen molar-refractivity contribution in [2.24, 2.45) is 5.92 Å². The Hall–Kier alpha value is -0.900. The number of amides is 2. The molecule has 2 rings (SSSR count). The summed E-state index contributed by atoms with van der Waals surface area (Å²) in [5.74, 6) is -0.272. The number of rotatable bonds is 2. The van der Waals surface area contributed by atoms with Crippen molar-refractivity contribution in [1.29, 1.82) is 0 Å². The first-order valence-corrected chi connectivity index (χ1v) is 5.21. The molecule has 0 saturated carbocycles. The summed E-state index contributed by atoms with van der Waals surface area (Å²) in [5, 5.41) is 2.37. The molecule has 78 valence electrons. The van der Waals surface area contributed by atoms with E-state index in [4.69, 9.17) is 4.74 Å². The van der Waals surface area contributed by atoms with Crippen LogP contribution < -0.4 is 5.32 Å². The van der Waals surface area contributed by atoms with Crippen molar-refractivity contribution < 1.29 is 14.3 Å². The van der Waals surface area contributed by atoms with Crippen molar-refractivity contribution in [2.45, 2.75) is 38.2 Å². The number of hydrogen-bond donors (Lipinski definition) is 1. The Morgan fingerprint density at radius 1 is 1.36 bits per heavy atom. The second kappa shape index (κ2) is 4.09. The van der Waals surface area contributed by atoms with Crippen molar-refractivity contribution in [3.63, 3.8) is 0 Å². The molecule has 0 aromatic carbocycles. The van der Waals surface area contributed by atoms with Crippen LogP contribution in [0.25, 0.3) is 0 Å². The van der Waals surface area contributed by atoms with Crippen LogP contribution in [-0.2, 0) is 14.3 Å². The van der Waals surface area contributed by atoms with E-state index in [9.17, 15) is 9.59 Å². The summed E-state index contributed by atoms with van der Waals surface area (Å²) in [5.41, 5.74) is 0. The Labute approximate surface area is 83.0 Å². The molecule has 0 aliphatic carbocycles. The maximum Gasteiger partial charge on any atom is 0.229 e. The minimum atomic E-state index is -0.140. The van der Waals surface area contributed by atoms with Gasteiger partial charge in [0.15, 0.2) is 0 Å². The molecule has 4 nitrogen and oxygen atoms in total. The molecule has 0 aromatic heterocycles.